The van der Waals surface area contributed by atoms with Crippen LogP contribution in [-0.2, 0) is 6.54 Å². The average molecular weight is 331 g/mol. The molecule has 0 radical (unpaired) electrons. The highest BCUT2D eigenvalue weighted by molar-refractivity contribution is 6.35. The molecule has 0 aromatic heterocycles. The Bertz CT molecular complexity index is 629. The molecule has 0 aliphatic rings. The molecule has 0 bridgehead atoms. The smallest absolute Gasteiger partial charge is 0.137 e. The van der Waals surface area contributed by atoms with Gasteiger partial charge < -0.3 is 10.1 Å². The molecule has 1 N–H and O–H groups in total. The van der Waals surface area contributed by atoms with Gasteiger partial charge in [0, 0.05) is 11.6 Å². The second kappa shape index (κ2) is 6.57. The topological polar surface area (TPSA) is 21.3 Å². The van der Waals surface area contributed by atoms with Crippen molar-refractivity contribution >= 4 is 40.5 Å². The van der Waals surface area contributed by atoms with Crippen LogP contribution in [0.2, 0.25) is 15.1 Å². The lowest BCUT2D eigenvalue weighted by Crippen LogP contribution is -2.00. The minimum absolute atomic E-state index is 0.583. The molecule has 0 unspecified atom stereocenters. The van der Waals surface area contributed by atoms with E-state index in [1.165, 1.54) is 0 Å². The standard InChI is InChI=1S/C15H14Cl3NO/c1-9-5-12(17)14(7-11(9)16)19-8-10-3-4-15(20-2)13(18)6-10/h3-7,19H,8H2,1-2H3. The van der Waals surface area contributed by atoms with Crippen molar-refractivity contribution in [1.82, 2.24) is 0 Å². The third-order valence-electron chi connectivity index (χ3n) is 2.95. The van der Waals surface area contributed by atoms with Crippen LogP contribution in [0, 0.1) is 6.92 Å². The van der Waals surface area contributed by atoms with Gasteiger partial charge in [0.2, 0.25) is 0 Å². The van der Waals surface area contributed by atoms with E-state index in [-0.39, 0.29) is 0 Å². The van der Waals surface area contributed by atoms with E-state index in [0.29, 0.717) is 27.4 Å². The summed E-state index contributed by atoms with van der Waals surface area (Å²) < 4.78 is 5.12. The fraction of sp³-hybridized carbons (Fsp3) is 0.200. The number of hydrogen-bond donors (Lipinski definition) is 1. The van der Waals surface area contributed by atoms with Crippen LogP contribution in [0.3, 0.4) is 0 Å². The van der Waals surface area contributed by atoms with Gasteiger partial charge in [-0.2, -0.15) is 0 Å². The predicted octanol–water partition coefficient (Wildman–Crippen LogP) is 5.58. The molecule has 5 heteroatoms. The van der Waals surface area contributed by atoms with Crippen molar-refractivity contribution in [3.63, 3.8) is 0 Å². The number of rotatable bonds is 4. The number of nitrogens with one attached hydrogen (secondary N) is 1. The van der Waals surface area contributed by atoms with Crippen molar-refractivity contribution in [1.29, 1.82) is 0 Å². The third kappa shape index (κ3) is 3.51. The summed E-state index contributed by atoms with van der Waals surface area (Å²) >= 11 is 18.4. The highest BCUT2D eigenvalue weighted by Gasteiger charge is 2.06. The fourth-order valence-electron chi connectivity index (χ4n) is 1.80. The summed E-state index contributed by atoms with van der Waals surface area (Å²) in [6, 6.07) is 9.30. The first kappa shape index (κ1) is 15.3. The molecule has 0 heterocycles. The van der Waals surface area contributed by atoms with Crippen LogP contribution < -0.4 is 10.1 Å². The first-order valence-corrected chi connectivity index (χ1v) is 7.16. The molecule has 0 amide bonds. The van der Waals surface area contributed by atoms with E-state index in [4.69, 9.17) is 39.5 Å². The molecule has 2 aromatic carbocycles. The van der Waals surface area contributed by atoms with Gasteiger partial charge in [0.1, 0.15) is 5.75 Å². The molecule has 106 valence electrons. The molecule has 0 aliphatic carbocycles. The second-order valence-corrected chi connectivity index (χ2v) is 5.63. The van der Waals surface area contributed by atoms with E-state index in [1.54, 1.807) is 7.11 Å². The Kier molecular flexibility index (Phi) is 5.03. The Morgan fingerprint density at radius 1 is 1.00 bits per heavy atom. The largest absolute Gasteiger partial charge is 0.495 e. The van der Waals surface area contributed by atoms with Crippen molar-refractivity contribution in [2.24, 2.45) is 0 Å². The summed E-state index contributed by atoms with van der Waals surface area (Å²) in [5.41, 5.74) is 2.78. The van der Waals surface area contributed by atoms with E-state index in [0.717, 1.165) is 16.8 Å². The highest BCUT2D eigenvalue weighted by Crippen LogP contribution is 2.30. The Labute approximate surface area is 133 Å². The molecule has 0 fully saturated rings. The van der Waals surface area contributed by atoms with E-state index in [2.05, 4.69) is 5.32 Å². The average Bonchev–Trinajstić information content (AvgIpc) is 2.41. The van der Waals surface area contributed by atoms with Crippen molar-refractivity contribution < 1.29 is 4.74 Å². The van der Waals surface area contributed by atoms with Crippen LogP contribution in [0.1, 0.15) is 11.1 Å². The first-order valence-electron chi connectivity index (χ1n) is 6.03. The van der Waals surface area contributed by atoms with Gasteiger partial charge in [-0.05, 0) is 42.3 Å². The Balaban J connectivity index is 2.13. The van der Waals surface area contributed by atoms with Crippen LogP contribution >= 0.6 is 34.8 Å². The van der Waals surface area contributed by atoms with Gasteiger partial charge in [-0.15, -0.1) is 0 Å². The van der Waals surface area contributed by atoms with E-state index < -0.39 is 0 Å². The summed E-state index contributed by atoms with van der Waals surface area (Å²) in [4.78, 5) is 0. The summed E-state index contributed by atoms with van der Waals surface area (Å²) in [6.45, 7) is 2.52. The minimum atomic E-state index is 0.583. The normalized spacial score (nSPS) is 10.4. The predicted molar refractivity (Wildman–Crippen MR) is 86.5 cm³/mol. The summed E-state index contributed by atoms with van der Waals surface area (Å²) in [5.74, 6) is 0.659. The summed E-state index contributed by atoms with van der Waals surface area (Å²) in [6.07, 6.45) is 0. The molecule has 20 heavy (non-hydrogen) atoms. The monoisotopic (exact) mass is 329 g/mol. The van der Waals surface area contributed by atoms with E-state index in [1.807, 2.05) is 37.3 Å². The minimum Gasteiger partial charge on any atom is -0.495 e. The maximum atomic E-state index is 6.18. The van der Waals surface area contributed by atoms with Gasteiger partial charge in [0.25, 0.3) is 0 Å². The molecule has 0 atom stereocenters. The maximum absolute atomic E-state index is 6.18. The molecular formula is C15H14Cl3NO. The first-order chi connectivity index (χ1) is 9.51. The molecule has 0 spiro atoms. The fourth-order valence-corrected chi connectivity index (χ4v) is 2.53. The van der Waals surface area contributed by atoms with Crippen LogP contribution in [-0.4, -0.2) is 7.11 Å². The molecule has 0 saturated heterocycles. The molecule has 0 aliphatic heterocycles. The summed E-state index contributed by atoms with van der Waals surface area (Å²) in [5, 5.41) is 5.16. The van der Waals surface area contributed by atoms with Crippen LogP contribution in [0.25, 0.3) is 0 Å². The SMILES string of the molecule is COc1ccc(CNc2cc(Cl)c(C)cc2Cl)cc1Cl. The van der Waals surface area contributed by atoms with Gasteiger partial charge in [0.05, 0.1) is 22.8 Å². The Hall–Kier alpha value is -1.09. The molecule has 2 aromatic rings. The zero-order valence-corrected chi connectivity index (χ0v) is 13.4. The van der Waals surface area contributed by atoms with Crippen molar-refractivity contribution in [2.45, 2.75) is 13.5 Å². The molecular weight excluding hydrogens is 317 g/mol. The zero-order valence-electron chi connectivity index (χ0n) is 11.1. The quantitative estimate of drug-likeness (QED) is 0.790. The zero-order chi connectivity index (χ0) is 14.7. The number of methoxy groups -OCH3 is 1. The van der Waals surface area contributed by atoms with Crippen molar-refractivity contribution in [3.8, 4) is 5.75 Å². The summed E-state index contributed by atoms with van der Waals surface area (Å²) in [7, 11) is 1.59. The van der Waals surface area contributed by atoms with Gasteiger partial charge in [-0.1, -0.05) is 40.9 Å². The number of aryl methyl sites for hydroxylation is 1. The van der Waals surface area contributed by atoms with Gasteiger partial charge in [0.15, 0.2) is 0 Å². The lowest BCUT2D eigenvalue weighted by Gasteiger charge is -2.11. The van der Waals surface area contributed by atoms with Gasteiger partial charge in [-0.3, -0.25) is 0 Å². The van der Waals surface area contributed by atoms with Crippen LogP contribution in [0.5, 0.6) is 5.75 Å². The number of benzene rings is 2. The van der Waals surface area contributed by atoms with Crippen LogP contribution in [0.15, 0.2) is 30.3 Å². The van der Waals surface area contributed by atoms with Crippen molar-refractivity contribution in [2.75, 3.05) is 12.4 Å². The second-order valence-electron chi connectivity index (χ2n) is 4.40. The molecule has 2 rings (SSSR count). The molecule has 0 saturated carbocycles. The number of ether oxygens (including phenoxy) is 1. The number of halogens is 3. The highest BCUT2D eigenvalue weighted by atomic mass is 35.5. The van der Waals surface area contributed by atoms with Gasteiger partial charge in [-0.25, -0.2) is 0 Å². The molecule has 2 nitrogen and oxygen atoms in total. The van der Waals surface area contributed by atoms with Gasteiger partial charge >= 0.3 is 0 Å². The van der Waals surface area contributed by atoms with Crippen molar-refractivity contribution in [3.05, 3.63) is 56.5 Å². The Morgan fingerprint density at radius 3 is 2.40 bits per heavy atom. The van der Waals surface area contributed by atoms with E-state index in [9.17, 15) is 0 Å². The van der Waals surface area contributed by atoms with Crippen LogP contribution in [0.4, 0.5) is 5.69 Å². The lowest BCUT2D eigenvalue weighted by molar-refractivity contribution is 0.415. The lowest BCUT2D eigenvalue weighted by atomic mass is 10.2. The van der Waals surface area contributed by atoms with E-state index >= 15 is 0 Å². The third-order valence-corrected chi connectivity index (χ3v) is 3.96. The Morgan fingerprint density at radius 2 is 1.75 bits per heavy atom. The number of hydrogen-bond acceptors (Lipinski definition) is 2. The number of anilines is 1. The maximum Gasteiger partial charge on any atom is 0.137 e.